The van der Waals surface area contributed by atoms with Crippen molar-refractivity contribution in [1.82, 2.24) is 25.3 Å². The fourth-order valence-electron chi connectivity index (χ4n) is 1.56. The van der Waals surface area contributed by atoms with Crippen molar-refractivity contribution in [2.45, 2.75) is 13.5 Å². The van der Waals surface area contributed by atoms with E-state index in [4.69, 9.17) is 0 Å². The number of hydrogen-bond donors (Lipinski definition) is 2. The first kappa shape index (κ1) is 13.0. The van der Waals surface area contributed by atoms with Gasteiger partial charge in [-0.2, -0.15) is 5.10 Å². The van der Waals surface area contributed by atoms with Crippen LogP contribution in [-0.4, -0.2) is 39.5 Å². The van der Waals surface area contributed by atoms with Crippen molar-refractivity contribution in [3.8, 4) is 0 Å². The molecule has 0 saturated carbocycles. The largest absolute Gasteiger partial charge is 0.367 e. The second-order valence-electron chi connectivity index (χ2n) is 4.09. The quantitative estimate of drug-likeness (QED) is 0.815. The zero-order valence-corrected chi connectivity index (χ0v) is 10.9. The Labute approximate surface area is 111 Å². The van der Waals surface area contributed by atoms with E-state index in [1.54, 1.807) is 19.2 Å². The van der Waals surface area contributed by atoms with Crippen LogP contribution < -0.4 is 10.6 Å². The first-order chi connectivity index (χ1) is 9.19. The van der Waals surface area contributed by atoms with Crippen LogP contribution in [0.15, 0.2) is 24.5 Å². The van der Waals surface area contributed by atoms with Gasteiger partial charge < -0.3 is 10.6 Å². The number of aryl methyl sites for hydroxylation is 1. The molecule has 0 bridgehead atoms. The maximum absolute atomic E-state index is 11.3. The molecule has 19 heavy (non-hydrogen) atoms. The van der Waals surface area contributed by atoms with E-state index in [0.29, 0.717) is 18.1 Å². The summed E-state index contributed by atoms with van der Waals surface area (Å²) in [6.07, 6.45) is 3.79. The average molecular weight is 260 g/mol. The summed E-state index contributed by atoms with van der Waals surface area (Å²) in [7, 11) is 1.56. The summed E-state index contributed by atoms with van der Waals surface area (Å²) in [5.41, 5.74) is 1.44. The lowest BCUT2D eigenvalue weighted by Crippen LogP contribution is -2.20. The lowest BCUT2D eigenvalue weighted by atomic mass is 10.3. The van der Waals surface area contributed by atoms with E-state index in [2.05, 4.69) is 25.9 Å². The van der Waals surface area contributed by atoms with Crippen LogP contribution in [0.25, 0.3) is 0 Å². The number of aromatic nitrogens is 4. The molecule has 0 radical (unpaired) electrons. The molecule has 2 heterocycles. The van der Waals surface area contributed by atoms with Crippen LogP contribution in [0.3, 0.4) is 0 Å². The maximum Gasteiger partial charge on any atom is 0.271 e. The van der Waals surface area contributed by atoms with Crippen LogP contribution >= 0.6 is 0 Å². The molecule has 2 aromatic heterocycles. The summed E-state index contributed by atoms with van der Waals surface area (Å²) < 4.78 is 1.86. The molecule has 100 valence electrons. The Balaban J connectivity index is 1.84. The molecule has 0 aliphatic heterocycles. The van der Waals surface area contributed by atoms with Gasteiger partial charge in [-0.15, -0.1) is 10.2 Å². The van der Waals surface area contributed by atoms with Gasteiger partial charge in [0.05, 0.1) is 12.7 Å². The van der Waals surface area contributed by atoms with E-state index in [0.717, 1.165) is 12.1 Å². The molecule has 0 aromatic carbocycles. The highest BCUT2D eigenvalue weighted by molar-refractivity contribution is 5.91. The van der Waals surface area contributed by atoms with Gasteiger partial charge in [-0.1, -0.05) is 0 Å². The summed E-state index contributed by atoms with van der Waals surface area (Å²) in [4.78, 5) is 11.3. The molecule has 0 spiro atoms. The highest BCUT2D eigenvalue weighted by Crippen LogP contribution is 2.02. The smallest absolute Gasteiger partial charge is 0.271 e. The summed E-state index contributed by atoms with van der Waals surface area (Å²) in [5, 5.41) is 17.6. The fraction of sp³-hybridized carbons (Fsp3) is 0.333. The zero-order valence-electron chi connectivity index (χ0n) is 10.9. The Morgan fingerprint density at radius 1 is 1.37 bits per heavy atom. The predicted molar refractivity (Wildman–Crippen MR) is 70.9 cm³/mol. The van der Waals surface area contributed by atoms with Crippen molar-refractivity contribution < 1.29 is 4.79 Å². The normalized spacial score (nSPS) is 10.2. The van der Waals surface area contributed by atoms with Crippen molar-refractivity contribution >= 4 is 11.7 Å². The first-order valence-electron chi connectivity index (χ1n) is 5.98. The molecule has 7 nitrogen and oxygen atoms in total. The lowest BCUT2D eigenvalue weighted by molar-refractivity contribution is 0.0957. The van der Waals surface area contributed by atoms with Crippen LogP contribution in [0.1, 0.15) is 16.1 Å². The minimum absolute atomic E-state index is 0.244. The van der Waals surface area contributed by atoms with Crippen LogP contribution in [0.2, 0.25) is 0 Å². The Morgan fingerprint density at radius 2 is 2.21 bits per heavy atom. The number of hydrogen-bond acceptors (Lipinski definition) is 5. The fourth-order valence-corrected chi connectivity index (χ4v) is 1.56. The minimum atomic E-state index is -0.244. The van der Waals surface area contributed by atoms with Gasteiger partial charge in [0, 0.05) is 19.8 Å². The minimum Gasteiger partial charge on any atom is -0.367 e. The molecule has 7 heteroatoms. The van der Waals surface area contributed by atoms with Crippen LogP contribution in [0.5, 0.6) is 0 Å². The van der Waals surface area contributed by atoms with E-state index in [1.807, 2.05) is 24.0 Å². The number of carbonyl (C=O) groups excluding carboxylic acids is 1. The Hall–Kier alpha value is -2.44. The molecular weight excluding hydrogens is 244 g/mol. The van der Waals surface area contributed by atoms with E-state index in [1.165, 1.54) is 0 Å². The van der Waals surface area contributed by atoms with Crippen molar-refractivity contribution in [3.05, 3.63) is 35.8 Å². The first-order valence-corrected chi connectivity index (χ1v) is 5.98. The molecule has 1 amide bonds. The van der Waals surface area contributed by atoms with Gasteiger partial charge in [-0.05, 0) is 24.6 Å². The molecule has 0 unspecified atom stereocenters. The molecule has 0 saturated heterocycles. The van der Waals surface area contributed by atoms with E-state index < -0.39 is 0 Å². The van der Waals surface area contributed by atoms with E-state index >= 15 is 0 Å². The van der Waals surface area contributed by atoms with Crippen molar-refractivity contribution in [2.75, 3.05) is 18.9 Å². The zero-order chi connectivity index (χ0) is 13.7. The summed E-state index contributed by atoms with van der Waals surface area (Å²) in [6.45, 7) is 3.43. The third-order valence-corrected chi connectivity index (χ3v) is 2.53. The number of nitrogens with one attached hydrogen (secondary N) is 2. The van der Waals surface area contributed by atoms with Gasteiger partial charge >= 0.3 is 0 Å². The third-order valence-electron chi connectivity index (χ3n) is 2.53. The number of anilines is 1. The van der Waals surface area contributed by atoms with E-state index in [9.17, 15) is 4.79 Å². The van der Waals surface area contributed by atoms with Gasteiger partial charge in [0.2, 0.25) is 0 Å². The van der Waals surface area contributed by atoms with Gasteiger partial charge in [0.25, 0.3) is 5.91 Å². The molecule has 2 N–H and O–H groups in total. The average Bonchev–Trinajstić information content (AvgIpc) is 2.84. The highest BCUT2D eigenvalue weighted by atomic mass is 16.1. The predicted octanol–water partition coefficient (Wildman–Crippen LogP) is 0.453. The van der Waals surface area contributed by atoms with Crippen LogP contribution in [0.4, 0.5) is 5.82 Å². The Kier molecular flexibility index (Phi) is 4.07. The van der Waals surface area contributed by atoms with Crippen molar-refractivity contribution in [2.24, 2.45) is 0 Å². The molecule has 2 rings (SSSR count). The van der Waals surface area contributed by atoms with Gasteiger partial charge in [0.15, 0.2) is 5.69 Å². The highest BCUT2D eigenvalue weighted by Gasteiger charge is 2.05. The summed E-state index contributed by atoms with van der Waals surface area (Å²) in [5.74, 6) is 0.391. The number of rotatable bonds is 5. The standard InChI is InChI=1S/C12H16N6O/c1-9-7-15-18(8-9)6-5-14-11-4-3-10(16-17-11)12(19)13-2/h3-4,7-8H,5-6H2,1-2H3,(H,13,19)(H,14,17). The Bertz CT molecular complexity index is 548. The summed E-state index contributed by atoms with van der Waals surface area (Å²) >= 11 is 0. The molecule has 0 aliphatic carbocycles. The lowest BCUT2D eigenvalue weighted by Gasteiger charge is -2.05. The van der Waals surface area contributed by atoms with Crippen molar-refractivity contribution in [3.63, 3.8) is 0 Å². The van der Waals surface area contributed by atoms with Gasteiger partial charge in [-0.3, -0.25) is 9.48 Å². The van der Waals surface area contributed by atoms with Gasteiger partial charge in [-0.25, -0.2) is 0 Å². The SMILES string of the molecule is CNC(=O)c1ccc(NCCn2cc(C)cn2)nn1. The topological polar surface area (TPSA) is 84.7 Å². The number of nitrogens with zero attached hydrogens (tertiary/aromatic N) is 4. The molecule has 0 atom stereocenters. The molecule has 0 aliphatic rings. The third kappa shape index (κ3) is 3.51. The van der Waals surface area contributed by atoms with Gasteiger partial charge in [0.1, 0.15) is 5.82 Å². The molecule has 0 fully saturated rings. The van der Waals surface area contributed by atoms with E-state index in [-0.39, 0.29) is 5.91 Å². The Morgan fingerprint density at radius 3 is 2.79 bits per heavy atom. The van der Waals surface area contributed by atoms with Crippen LogP contribution in [-0.2, 0) is 6.54 Å². The molecular formula is C12H16N6O. The maximum atomic E-state index is 11.3. The number of carbonyl (C=O) groups is 1. The monoisotopic (exact) mass is 260 g/mol. The number of amides is 1. The van der Waals surface area contributed by atoms with Crippen LogP contribution in [0, 0.1) is 6.92 Å². The second-order valence-corrected chi connectivity index (χ2v) is 4.09. The van der Waals surface area contributed by atoms with Crippen molar-refractivity contribution in [1.29, 1.82) is 0 Å². The second kappa shape index (κ2) is 5.94. The molecule has 2 aromatic rings. The summed E-state index contributed by atoms with van der Waals surface area (Å²) in [6, 6.07) is 3.36.